The summed E-state index contributed by atoms with van der Waals surface area (Å²) in [6, 6.07) is 13.7. The first kappa shape index (κ1) is 20.7. The summed E-state index contributed by atoms with van der Waals surface area (Å²) < 4.78 is 18.8. The van der Waals surface area contributed by atoms with Gasteiger partial charge in [0, 0.05) is 30.3 Å². The summed E-state index contributed by atoms with van der Waals surface area (Å²) in [7, 11) is 1.62. The maximum absolute atomic E-state index is 13.5. The maximum Gasteiger partial charge on any atom is 0.332 e. The Balaban J connectivity index is 1.70. The van der Waals surface area contributed by atoms with Crippen LogP contribution in [0.5, 0.6) is 0 Å². The molecular formula is C23H21BrFN5O2. The molecule has 0 bridgehead atoms. The van der Waals surface area contributed by atoms with E-state index in [0.717, 1.165) is 16.7 Å². The van der Waals surface area contributed by atoms with Crippen LogP contribution >= 0.6 is 15.9 Å². The minimum absolute atomic E-state index is 0.0637. The van der Waals surface area contributed by atoms with Gasteiger partial charge in [-0.1, -0.05) is 35.0 Å². The number of benzene rings is 2. The molecule has 3 heterocycles. The summed E-state index contributed by atoms with van der Waals surface area (Å²) in [4.78, 5) is 33.3. The fourth-order valence-electron chi connectivity index (χ4n) is 4.26. The predicted molar refractivity (Wildman–Crippen MR) is 125 cm³/mol. The summed E-state index contributed by atoms with van der Waals surface area (Å²) in [5.41, 5.74) is 1.56. The fraction of sp³-hybridized carbons (Fsp3) is 0.261. The van der Waals surface area contributed by atoms with Gasteiger partial charge in [0.05, 0.1) is 6.54 Å². The van der Waals surface area contributed by atoms with Gasteiger partial charge >= 0.3 is 5.69 Å². The number of anilines is 2. The lowest BCUT2D eigenvalue weighted by atomic mass is 10.1. The van der Waals surface area contributed by atoms with Gasteiger partial charge in [-0.05, 0) is 47.9 Å². The van der Waals surface area contributed by atoms with E-state index < -0.39 is 11.2 Å². The molecule has 4 aromatic rings. The summed E-state index contributed by atoms with van der Waals surface area (Å²) in [6.07, 6.45) is 0. The highest BCUT2D eigenvalue weighted by atomic mass is 79.9. The standard InChI is InChI=1S/C23H21BrFN5O2/c1-14-11-28(18-9-5-16(24)6-10-18)22-26-20-19(29(22)12-14)21(31)30(23(32)27(20)2)13-15-3-7-17(25)8-4-15/h3-10,14H,11-13H2,1-2H3. The molecular weight excluding hydrogens is 477 g/mol. The summed E-state index contributed by atoms with van der Waals surface area (Å²) in [5.74, 6) is 0.550. The first-order valence-electron chi connectivity index (χ1n) is 10.3. The summed E-state index contributed by atoms with van der Waals surface area (Å²) in [5, 5.41) is 0. The molecule has 7 nitrogen and oxygen atoms in total. The van der Waals surface area contributed by atoms with Gasteiger partial charge < -0.3 is 9.47 Å². The zero-order valence-corrected chi connectivity index (χ0v) is 19.2. The molecule has 1 atom stereocenters. The minimum Gasteiger partial charge on any atom is -0.312 e. The third-order valence-electron chi connectivity index (χ3n) is 5.83. The number of nitrogens with zero attached hydrogens (tertiary/aromatic N) is 5. The topological polar surface area (TPSA) is 65.1 Å². The number of aromatic nitrogens is 4. The quantitative estimate of drug-likeness (QED) is 0.433. The van der Waals surface area contributed by atoms with Crippen molar-refractivity contribution in [2.45, 2.75) is 20.0 Å². The molecule has 9 heteroatoms. The van der Waals surface area contributed by atoms with Crippen molar-refractivity contribution >= 4 is 38.7 Å². The number of hydrogen-bond acceptors (Lipinski definition) is 4. The Kier molecular flexibility index (Phi) is 5.00. The Labute approximate surface area is 191 Å². The molecule has 0 amide bonds. The molecule has 0 saturated heterocycles. The van der Waals surface area contributed by atoms with E-state index in [2.05, 4.69) is 27.8 Å². The summed E-state index contributed by atoms with van der Waals surface area (Å²) >= 11 is 3.46. The molecule has 2 aromatic carbocycles. The predicted octanol–water partition coefficient (Wildman–Crippen LogP) is 3.63. The van der Waals surface area contributed by atoms with Crippen molar-refractivity contribution in [1.29, 1.82) is 0 Å². The monoisotopic (exact) mass is 497 g/mol. The number of rotatable bonds is 3. The molecule has 0 N–H and O–H groups in total. The van der Waals surface area contributed by atoms with Crippen LogP contribution in [-0.2, 0) is 20.1 Å². The summed E-state index contributed by atoms with van der Waals surface area (Å²) in [6.45, 7) is 3.57. The van der Waals surface area contributed by atoms with Crippen LogP contribution in [0.3, 0.4) is 0 Å². The third kappa shape index (κ3) is 3.37. The van der Waals surface area contributed by atoms with Crippen LogP contribution in [0, 0.1) is 11.7 Å². The molecule has 5 rings (SSSR count). The maximum atomic E-state index is 13.5. The molecule has 32 heavy (non-hydrogen) atoms. The van der Waals surface area contributed by atoms with Gasteiger partial charge in [0.25, 0.3) is 5.56 Å². The van der Waals surface area contributed by atoms with Gasteiger partial charge in [0.1, 0.15) is 5.82 Å². The Hall–Kier alpha value is -3.20. The van der Waals surface area contributed by atoms with E-state index in [9.17, 15) is 14.0 Å². The lowest BCUT2D eigenvalue weighted by Gasteiger charge is -2.33. The van der Waals surface area contributed by atoms with E-state index in [4.69, 9.17) is 4.98 Å². The van der Waals surface area contributed by atoms with Crippen LogP contribution in [0.2, 0.25) is 0 Å². The number of halogens is 2. The Bertz CT molecular complexity index is 1440. The van der Waals surface area contributed by atoms with Crippen molar-refractivity contribution in [3.05, 3.63) is 85.2 Å². The SMILES string of the molecule is CC1CN(c2ccc(Br)cc2)c2nc3c(c(=O)n(Cc4ccc(F)cc4)c(=O)n3C)n2C1. The third-order valence-corrected chi connectivity index (χ3v) is 6.36. The largest absolute Gasteiger partial charge is 0.332 e. The number of hydrogen-bond donors (Lipinski definition) is 0. The molecule has 1 aliphatic rings. The van der Waals surface area contributed by atoms with Crippen LogP contribution in [0.4, 0.5) is 16.0 Å². The second-order valence-corrected chi connectivity index (χ2v) is 9.16. The highest BCUT2D eigenvalue weighted by Gasteiger charge is 2.29. The highest BCUT2D eigenvalue weighted by Crippen LogP contribution is 2.33. The van der Waals surface area contributed by atoms with Crippen LogP contribution in [0.15, 0.2) is 62.6 Å². The highest BCUT2D eigenvalue weighted by molar-refractivity contribution is 9.10. The van der Waals surface area contributed by atoms with Crippen molar-refractivity contribution in [3.8, 4) is 0 Å². The second kappa shape index (κ2) is 7.74. The van der Waals surface area contributed by atoms with Crippen molar-refractivity contribution in [2.75, 3.05) is 11.4 Å². The zero-order valence-electron chi connectivity index (χ0n) is 17.6. The molecule has 0 spiro atoms. The van der Waals surface area contributed by atoms with Crippen LogP contribution in [0.1, 0.15) is 12.5 Å². The van der Waals surface area contributed by atoms with Crippen molar-refractivity contribution < 1.29 is 4.39 Å². The first-order valence-corrected chi connectivity index (χ1v) is 11.1. The van der Waals surface area contributed by atoms with Crippen molar-refractivity contribution in [2.24, 2.45) is 13.0 Å². The number of fused-ring (bicyclic) bond motifs is 3. The molecule has 164 valence electrons. The molecule has 1 aliphatic heterocycles. The van der Waals surface area contributed by atoms with E-state index in [-0.39, 0.29) is 18.3 Å². The number of imidazole rings is 1. The molecule has 0 radical (unpaired) electrons. The van der Waals surface area contributed by atoms with E-state index >= 15 is 0 Å². The zero-order chi connectivity index (χ0) is 22.6. The van der Waals surface area contributed by atoms with E-state index in [1.807, 2.05) is 28.8 Å². The smallest absolute Gasteiger partial charge is 0.312 e. The average molecular weight is 498 g/mol. The van der Waals surface area contributed by atoms with Crippen LogP contribution in [-0.4, -0.2) is 25.2 Å². The Morgan fingerprint density at radius 3 is 2.44 bits per heavy atom. The fourth-order valence-corrected chi connectivity index (χ4v) is 4.52. The van der Waals surface area contributed by atoms with Crippen LogP contribution < -0.4 is 16.1 Å². The molecule has 2 aromatic heterocycles. The van der Waals surface area contributed by atoms with Gasteiger partial charge in [0.15, 0.2) is 11.2 Å². The van der Waals surface area contributed by atoms with Crippen molar-refractivity contribution in [3.63, 3.8) is 0 Å². The van der Waals surface area contributed by atoms with Gasteiger partial charge in [-0.2, -0.15) is 4.98 Å². The average Bonchev–Trinajstić information content (AvgIpc) is 3.16. The van der Waals surface area contributed by atoms with Gasteiger partial charge in [-0.3, -0.25) is 13.9 Å². The lowest BCUT2D eigenvalue weighted by molar-refractivity contribution is 0.458. The van der Waals surface area contributed by atoms with Gasteiger partial charge in [0.2, 0.25) is 5.95 Å². The van der Waals surface area contributed by atoms with Crippen molar-refractivity contribution in [1.82, 2.24) is 18.7 Å². The van der Waals surface area contributed by atoms with E-state index in [1.54, 1.807) is 19.2 Å². The second-order valence-electron chi connectivity index (χ2n) is 8.25. The molecule has 0 saturated carbocycles. The Morgan fingerprint density at radius 2 is 1.75 bits per heavy atom. The molecule has 0 aliphatic carbocycles. The molecule has 0 fully saturated rings. The van der Waals surface area contributed by atoms with Gasteiger partial charge in [-0.15, -0.1) is 0 Å². The number of aryl methyl sites for hydroxylation is 1. The molecule has 1 unspecified atom stereocenters. The Morgan fingerprint density at radius 1 is 1.06 bits per heavy atom. The van der Waals surface area contributed by atoms with Gasteiger partial charge in [-0.25, -0.2) is 9.18 Å². The lowest BCUT2D eigenvalue weighted by Crippen LogP contribution is -2.40. The first-order chi connectivity index (χ1) is 15.3. The van der Waals surface area contributed by atoms with Crippen LogP contribution in [0.25, 0.3) is 11.2 Å². The van der Waals surface area contributed by atoms with E-state index in [1.165, 1.54) is 21.3 Å². The normalized spacial score (nSPS) is 15.9. The van der Waals surface area contributed by atoms with E-state index in [0.29, 0.717) is 29.2 Å². The minimum atomic E-state index is -0.453.